The van der Waals surface area contributed by atoms with Crippen molar-refractivity contribution >= 4 is 28.4 Å². The third-order valence-corrected chi connectivity index (χ3v) is 6.12. The number of rotatable bonds is 12. The van der Waals surface area contributed by atoms with E-state index in [1.807, 2.05) is 18.2 Å². The Labute approximate surface area is 220 Å². The van der Waals surface area contributed by atoms with E-state index >= 15 is 0 Å². The Balaban J connectivity index is 0.000000261. The lowest BCUT2D eigenvalue weighted by Crippen LogP contribution is -2.17. The summed E-state index contributed by atoms with van der Waals surface area (Å²) < 4.78 is 0. The Hall–Kier alpha value is -3.14. The van der Waals surface area contributed by atoms with E-state index in [1.165, 1.54) is 23.5 Å². The summed E-state index contributed by atoms with van der Waals surface area (Å²) in [6.07, 6.45) is 3.48. The van der Waals surface area contributed by atoms with Crippen LogP contribution in [0.2, 0.25) is 0 Å². The number of nitrogens with one attached hydrogen (secondary N) is 4. The summed E-state index contributed by atoms with van der Waals surface area (Å²) >= 11 is 0. The molecular formula is C32H48N4. The lowest BCUT2D eigenvalue weighted by Gasteiger charge is -2.17. The van der Waals surface area contributed by atoms with E-state index in [1.54, 1.807) is 0 Å². The van der Waals surface area contributed by atoms with E-state index in [2.05, 4.69) is 130 Å². The second-order valence-corrected chi connectivity index (χ2v) is 10.2. The Kier molecular flexibility index (Phi) is 12.7. The van der Waals surface area contributed by atoms with Gasteiger partial charge < -0.3 is 21.3 Å². The van der Waals surface area contributed by atoms with Crippen LogP contribution in [0, 0.1) is 5.92 Å². The highest BCUT2D eigenvalue weighted by molar-refractivity contribution is 5.62. The first-order valence-electron chi connectivity index (χ1n) is 13.6. The molecule has 0 aliphatic heterocycles. The van der Waals surface area contributed by atoms with E-state index in [0.717, 1.165) is 30.1 Å². The van der Waals surface area contributed by atoms with Crippen LogP contribution in [0.4, 0.5) is 28.4 Å². The van der Waals surface area contributed by atoms with Gasteiger partial charge in [-0.1, -0.05) is 45.9 Å². The molecule has 0 bridgehead atoms. The average Bonchev–Trinajstić information content (AvgIpc) is 2.87. The van der Waals surface area contributed by atoms with Crippen molar-refractivity contribution in [2.24, 2.45) is 5.92 Å². The maximum Gasteiger partial charge on any atom is 0.0385 e. The molecule has 0 radical (unpaired) electrons. The quantitative estimate of drug-likeness (QED) is 0.205. The van der Waals surface area contributed by atoms with Crippen molar-refractivity contribution in [3.8, 4) is 0 Å². The largest absolute Gasteiger partial charge is 0.383 e. The Morgan fingerprint density at radius 1 is 0.472 bits per heavy atom. The first kappa shape index (κ1) is 29.1. The van der Waals surface area contributed by atoms with Crippen molar-refractivity contribution < 1.29 is 0 Å². The first-order chi connectivity index (χ1) is 17.3. The molecule has 0 aliphatic carbocycles. The minimum Gasteiger partial charge on any atom is -0.383 e. The van der Waals surface area contributed by atoms with Crippen LogP contribution in [0.1, 0.15) is 67.7 Å². The van der Waals surface area contributed by atoms with Gasteiger partial charge in [0.2, 0.25) is 0 Å². The van der Waals surface area contributed by atoms with Gasteiger partial charge in [-0.25, -0.2) is 0 Å². The smallest absolute Gasteiger partial charge is 0.0385 e. The van der Waals surface area contributed by atoms with Crippen LogP contribution >= 0.6 is 0 Å². The van der Waals surface area contributed by atoms with E-state index in [9.17, 15) is 0 Å². The molecule has 0 aromatic heterocycles. The zero-order valence-electron chi connectivity index (χ0n) is 23.4. The molecule has 4 N–H and O–H groups in total. The van der Waals surface area contributed by atoms with Crippen LogP contribution in [0.25, 0.3) is 0 Å². The maximum atomic E-state index is 3.54. The highest BCUT2D eigenvalue weighted by atomic mass is 14.9. The van der Waals surface area contributed by atoms with Crippen molar-refractivity contribution in [2.45, 2.75) is 85.9 Å². The molecule has 0 spiro atoms. The van der Waals surface area contributed by atoms with Crippen LogP contribution < -0.4 is 21.3 Å². The average molecular weight is 489 g/mol. The third-order valence-electron chi connectivity index (χ3n) is 6.12. The van der Waals surface area contributed by atoms with Crippen molar-refractivity contribution in [3.63, 3.8) is 0 Å². The molecule has 0 aliphatic rings. The van der Waals surface area contributed by atoms with Crippen LogP contribution in [-0.4, -0.2) is 18.1 Å². The third kappa shape index (κ3) is 11.5. The molecule has 0 saturated carbocycles. The maximum absolute atomic E-state index is 3.54. The van der Waals surface area contributed by atoms with Crippen LogP contribution in [0.15, 0.2) is 78.9 Å². The monoisotopic (exact) mass is 488 g/mol. The summed E-state index contributed by atoms with van der Waals surface area (Å²) in [5.74, 6) is 0.719. The normalized spacial score (nSPS) is 13.1. The lowest BCUT2D eigenvalue weighted by atomic mass is 10.1. The lowest BCUT2D eigenvalue weighted by molar-refractivity contribution is 0.540. The number of hydrogen-bond donors (Lipinski definition) is 4. The molecule has 4 nitrogen and oxygen atoms in total. The molecule has 196 valence electrons. The summed E-state index contributed by atoms with van der Waals surface area (Å²) in [4.78, 5) is 0. The summed E-state index contributed by atoms with van der Waals surface area (Å²) in [6.45, 7) is 15.5. The van der Waals surface area contributed by atoms with Gasteiger partial charge in [-0.3, -0.25) is 0 Å². The van der Waals surface area contributed by atoms with Gasteiger partial charge in [0.1, 0.15) is 0 Å². The Bertz CT molecular complexity index is 921. The number of anilines is 5. The van der Waals surface area contributed by atoms with E-state index in [-0.39, 0.29) is 0 Å². The number of benzene rings is 3. The van der Waals surface area contributed by atoms with Gasteiger partial charge in [-0.05, 0) is 107 Å². The highest BCUT2D eigenvalue weighted by Gasteiger charge is 2.05. The summed E-state index contributed by atoms with van der Waals surface area (Å²) in [6, 6.07) is 28.8. The molecule has 3 aromatic carbocycles. The predicted molar refractivity (Wildman–Crippen MR) is 162 cm³/mol. The molecule has 3 rings (SSSR count). The standard InChI is InChI=1S/C18H24N2.C14H24N2/c1-14(2)13-15(3)19-17-9-11-18(12-10-17)20-16-7-5-4-6-8-16;1-5-11(3)15-13-7-9-14(10-8-13)16-12(4)6-2/h4-12,14-15,19-20H,13H2,1-3H3;7-12,15-16H,5-6H2,1-4H3. The van der Waals surface area contributed by atoms with Crippen molar-refractivity contribution in [3.05, 3.63) is 78.9 Å². The van der Waals surface area contributed by atoms with Gasteiger partial charge in [-0.15, -0.1) is 0 Å². The Morgan fingerprint density at radius 3 is 1.22 bits per heavy atom. The van der Waals surface area contributed by atoms with E-state index in [4.69, 9.17) is 0 Å². The topological polar surface area (TPSA) is 48.1 Å². The highest BCUT2D eigenvalue weighted by Crippen LogP contribution is 2.20. The van der Waals surface area contributed by atoms with Crippen LogP contribution in [-0.2, 0) is 0 Å². The summed E-state index contributed by atoms with van der Waals surface area (Å²) in [5, 5.41) is 13.8. The fourth-order valence-corrected chi connectivity index (χ4v) is 3.82. The minimum atomic E-state index is 0.503. The molecule has 0 fully saturated rings. The fourth-order valence-electron chi connectivity index (χ4n) is 3.82. The zero-order chi connectivity index (χ0) is 26.3. The van der Waals surface area contributed by atoms with Crippen LogP contribution in [0.5, 0.6) is 0 Å². The van der Waals surface area contributed by atoms with Gasteiger partial charge in [0, 0.05) is 46.6 Å². The molecule has 4 heteroatoms. The van der Waals surface area contributed by atoms with E-state index in [0.29, 0.717) is 18.1 Å². The van der Waals surface area contributed by atoms with Gasteiger partial charge in [0.15, 0.2) is 0 Å². The molecule has 3 atom stereocenters. The molecule has 0 amide bonds. The van der Waals surface area contributed by atoms with E-state index < -0.39 is 0 Å². The second-order valence-electron chi connectivity index (χ2n) is 10.2. The van der Waals surface area contributed by atoms with Crippen molar-refractivity contribution in [1.29, 1.82) is 0 Å². The SMILES string of the molecule is CC(C)CC(C)Nc1ccc(Nc2ccccc2)cc1.CCC(C)Nc1ccc(NC(C)CC)cc1. The minimum absolute atomic E-state index is 0.503. The first-order valence-corrected chi connectivity index (χ1v) is 13.6. The zero-order valence-corrected chi connectivity index (χ0v) is 23.4. The molecule has 3 aromatic rings. The number of hydrogen-bond acceptors (Lipinski definition) is 4. The molecule has 0 saturated heterocycles. The molecule has 0 heterocycles. The molecule has 3 unspecified atom stereocenters. The predicted octanol–water partition coefficient (Wildman–Crippen LogP) is 9.38. The van der Waals surface area contributed by atoms with Gasteiger partial charge >= 0.3 is 0 Å². The van der Waals surface area contributed by atoms with Crippen molar-refractivity contribution in [1.82, 2.24) is 0 Å². The summed E-state index contributed by atoms with van der Waals surface area (Å²) in [5.41, 5.74) is 5.80. The Morgan fingerprint density at radius 2 is 0.833 bits per heavy atom. The van der Waals surface area contributed by atoms with Gasteiger partial charge in [-0.2, -0.15) is 0 Å². The van der Waals surface area contributed by atoms with Crippen molar-refractivity contribution in [2.75, 3.05) is 21.3 Å². The second kappa shape index (κ2) is 15.8. The van der Waals surface area contributed by atoms with Crippen LogP contribution in [0.3, 0.4) is 0 Å². The van der Waals surface area contributed by atoms with Gasteiger partial charge in [0.25, 0.3) is 0 Å². The molecular weight excluding hydrogens is 440 g/mol. The fraction of sp³-hybridized carbons (Fsp3) is 0.438. The van der Waals surface area contributed by atoms with Gasteiger partial charge in [0.05, 0.1) is 0 Å². The number of para-hydroxylation sites is 1. The molecule has 36 heavy (non-hydrogen) atoms. The summed E-state index contributed by atoms with van der Waals surface area (Å²) in [7, 11) is 0.